The molecule has 1 aromatic heterocycles. The number of nitrogens with one attached hydrogen (secondary N) is 1. The quantitative estimate of drug-likeness (QED) is 0.877. The van der Waals surface area contributed by atoms with Crippen LogP contribution in [0.1, 0.15) is 34.5 Å². The number of aliphatic hydroxyl groups is 1. The molecule has 0 radical (unpaired) electrons. The SMILES string of the molecule is CCc1cnccc1C(=O)NCC(O)c1c(Cl)cccc1Cl. The Hall–Kier alpha value is -1.62. The van der Waals surface area contributed by atoms with E-state index < -0.39 is 6.10 Å². The van der Waals surface area contributed by atoms with E-state index in [2.05, 4.69) is 10.3 Å². The van der Waals surface area contributed by atoms with E-state index in [1.54, 1.807) is 36.7 Å². The fraction of sp³-hybridized carbons (Fsp3) is 0.250. The van der Waals surface area contributed by atoms with E-state index in [1.807, 2.05) is 6.92 Å². The molecule has 0 bridgehead atoms. The second-order valence-electron chi connectivity index (χ2n) is 4.75. The standard InChI is InChI=1S/C16H16Cl2N2O2/c1-2-10-8-19-7-6-11(10)16(22)20-9-14(21)15-12(17)4-3-5-13(15)18/h3-8,14,21H,2,9H2,1H3,(H,20,22). The fourth-order valence-corrected chi connectivity index (χ4v) is 2.80. The van der Waals surface area contributed by atoms with Crippen LogP contribution >= 0.6 is 23.2 Å². The van der Waals surface area contributed by atoms with Crippen LogP contribution in [0.15, 0.2) is 36.7 Å². The van der Waals surface area contributed by atoms with Gasteiger partial charge in [0, 0.05) is 40.1 Å². The molecule has 0 aliphatic heterocycles. The highest BCUT2D eigenvalue weighted by molar-refractivity contribution is 6.36. The summed E-state index contributed by atoms with van der Waals surface area (Å²) in [6.07, 6.45) is 2.96. The third-order valence-electron chi connectivity index (χ3n) is 3.32. The molecule has 0 fully saturated rings. The van der Waals surface area contributed by atoms with Crippen LogP contribution < -0.4 is 5.32 Å². The maximum Gasteiger partial charge on any atom is 0.251 e. The van der Waals surface area contributed by atoms with Crippen LogP contribution in [-0.2, 0) is 6.42 Å². The molecule has 1 unspecified atom stereocenters. The maximum absolute atomic E-state index is 12.2. The van der Waals surface area contributed by atoms with Gasteiger partial charge in [0.25, 0.3) is 5.91 Å². The first-order chi connectivity index (χ1) is 10.5. The topological polar surface area (TPSA) is 62.2 Å². The molecule has 1 amide bonds. The van der Waals surface area contributed by atoms with E-state index in [4.69, 9.17) is 23.2 Å². The first kappa shape index (κ1) is 16.7. The second-order valence-corrected chi connectivity index (χ2v) is 5.56. The van der Waals surface area contributed by atoms with Gasteiger partial charge in [0.05, 0.1) is 6.10 Å². The van der Waals surface area contributed by atoms with E-state index in [0.717, 1.165) is 5.56 Å². The van der Waals surface area contributed by atoms with Crippen molar-refractivity contribution in [1.29, 1.82) is 0 Å². The first-order valence-corrected chi connectivity index (χ1v) is 7.63. The van der Waals surface area contributed by atoms with Crippen LogP contribution in [-0.4, -0.2) is 22.5 Å². The summed E-state index contributed by atoms with van der Waals surface area (Å²) < 4.78 is 0. The molecule has 2 aromatic rings. The molecular weight excluding hydrogens is 323 g/mol. The monoisotopic (exact) mass is 338 g/mol. The normalized spacial score (nSPS) is 12.0. The lowest BCUT2D eigenvalue weighted by Gasteiger charge is -2.16. The minimum Gasteiger partial charge on any atom is -0.386 e. The Bertz CT molecular complexity index is 657. The van der Waals surface area contributed by atoms with Gasteiger partial charge in [-0.1, -0.05) is 36.2 Å². The Kier molecular flexibility index (Phi) is 5.77. The minimum absolute atomic E-state index is 0.0216. The highest BCUT2D eigenvalue weighted by atomic mass is 35.5. The summed E-state index contributed by atoms with van der Waals surface area (Å²) in [5, 5.41) is 13.6. The summed E-state index contributed by atoms with van der Waals surface area (Å²) in [5.41, 5.74) is 1.82. The van der Waals surface area contributed by atoms with E-state index in [9.17, 15) is 9.90 Å². The Morgan fingerprint density at radius 2 is 2.00 bits per heavy atom. The van der Waals surface area contributed by atoms with Crippen LogP contribution in [0, 0.1) is 0 Å². The Balaban J connectivity index is 2.08. The predicted octanol–water partition coefficient (Wildman–Crippen LogP) is 3.41. The van der Waals surface area contributed by atoms with Crippen molar-refractivity contribution >= 4 is 29.1 Å². The molecule has 0 saturated heterocycles. The fourth-order valence-electron chi connectivity index (χ4n) is 2.15. The summed E-state index contributed by atoms with van der Waals surface area (Å²) in [6.45, 7) is 1.97. The number of rotatable bonds is 5. The summed E-state index contributed by atoms with van der Waals surface area (Å²) in [4.78, 5) is 16.2. The zero-order valence-corrected chi connectivity index (χ0v) is 13.5. The number of amides is 1. The number of carbonyl (C=O) groups excluding carboxylic acids is 1. The number of hydrogen-bond donors (Lipinski definition) is 2. The number of nitrogens with zero attached hydrogens (tertiary/aromatic N) is 1. The van der Waals surface area contributed by atoms with Crippen molar-refractivity contribution in [3.05, 3.63) is 63.4 Å². The van der Waals surface area contributed by atoms with E-state index >= 15 is 0 Å². The van der Waals surface area contributed by atoms with Crippen molar-refractivity contribution in [3.63, 3.8) is 0 Å². The average molecular weight is 339 g/mol. The molecule has 2 N–H and O–H groups in total. The van der Waals surface area contributed by atoms with Crippen molar-refractivity contribution in [3.8, 4) is 0 Å². The third-order valence-corrected chi connectivity index (χ3v) is 3.98. The van der Waals surface area contributed by atoms with Crippen molar-refractivity contribution in [1.82, 2.24) is 10.3 Å². The van der Waals surface area contributed by atoms with Gasteiger partial charge < -0.3 is 10.4 Å². The first-order valence-electron chi connectivity index (χ1n) is 6.87. The lowest BCUT2D eigenvalue weighted by Crippen LogP contribution is -2.29. The number of hydrogen-bond acceptors (Lipinski definition) is 3. The molecule has 1 atom stereocenters. The zero-order valence-electron chi connectivity index (χ0n) is 12.0. The van der Waals surface area contributed by atoms with Gasteiger partial charge in [0.1, 0.15) is 0 Å². The number of benzene rings is 1. The second kappa shape index (κ2) is 7.58. The number of pyridine rings is 1. The lowest BCUT2D eigenvalue weighted by atomic mass is 10.1. The summed E-state index contributed by atoms with van der Waals surface area (Å²) in [6, 6.07) is 6.64. The summed E-state index contributed by atoms with van der Waals surface area (Å²) in [7, 11) is 0. The van der Waals surface area contributed by atoms with Crippen LogP contribution in [0.4, 0.5) is 0 Å². The van der Waals surface area contributed by atoms with Crippen molar-refractivity contribution in [2.24, 2.45) is 0 Å². The molecule has 0 aliphatic carbocycles. The molecule has 4 nitrogen and oxygen atoms in total. The molecule has 1 aromatic carbocycles. The maximum atomic E-state index is 12.2. The van der Waals surface area contributed by atoms with Crippen LogP contribution in [0.25, 0.3) is 0 Å². The molecular formula is C16H16Cl2N2O2. The zero-order chi connectivity index (χ0) is 16.1. The number of aliphatic hydroxyl groups excluding tert-OH is 1. The summed E-state index contributed by atoms with van der Waals surface area (Å²) >= 11 is 12.1. The van der Waals surface area contributed by atoms with Gasteiger partial charge in [-0.2, -0.15) is 0 Å². The Morgan fingerprint density at radius 3 is 2.64 bits per heavy atom. The molecule has 2 rings (SSSR count). The van der Waals surface area contributed by atoms with Gasteiger partial charge in [-0.05, 0) is 30.2 Å². The van der Waals surface area contributed by atoms with Crippen LogP contribution in [0.2, 0.25) is 10.0 Å². The van der Waals surface area contributed by atoms with Crippen LogP contribution in [0.3, 0.4) is 0 Å². The third kappa shape index (κ3) is 3.77. The van der Waals surface area contributed by atoms with Gasteiger partial charge >= 0.3 is 0 Å². The van der Waals surface area contributed by atoms with Crippen molar-refractivity contribution < 1.29 is 9.90 Å². The number of carbonyl (C=O) groups is 1. The van der Waals surface area contributed by atoms with Crippen molar-refractivity contribution in [2.75, 3.05) is 6.54 Å². The largest absolute Gasteiger partial charge is 0.386 e. The molecule has 0 aliphatic rings. The Labute approximate surface area is 139 Å². The lowest BCUT2D eigenvalue weighted by molar-refractivity contribution is 0.0915. The van der Waals surface area contributed by atoms with E-state index in [1.165, 1.54) is 0 Å². The minimum atomic E-state index is -0.975. The van der Waals surface area contributed by atoms with Gasteiger partial charge in [0.2, 0.25) is 0 Å². The molecule has 22 heavy (non-hydrogen) atoms. The number of aryl methyl sites for hydroxylation is 1. The molecule has 0 saturated carbocycles. The molecule has 6 heteroatoms. The number of aromatic nitrogens is 1. The molecule has 1 heterocycles. The smallest absolute Gasteiger partial charge is 0.251 e. The molecule has 0 spiro atoms. The summed E-state index contributed by atoms with van der Waals surface area (Å²) in [5.74, 6) is -0.263. The highest BCUT2D eigenvalue weighted by Gasteiger charge is 2.17. The highest BCUT2D eigenvalue weighted by Crippen LogP contribution is 2.29. The van der Waals surface area contributed by atoms with E-state index in [0.29, 0.717) is 27.6 Å². The van der Waals surface area contributed by atoms with Gasteiger partial charge in [-0.25, -0.2) is 0 Å². The predicted molar refractivity (Wildman–Crippen MR) is 87.4 cm³/mol. The number of halogens is 2. The van der Waals surface area contributed by atoms with E-state index in [-0.39, 0.29) is 12.5 Å². The molecule has 116 valence electrons. The average Bonchev–Trinajstić information content (AvgIpc) is 2.52. The van der Waals surface area contributed by atoms with Crippen molar-refractivity contribution in [2.45, 2.75) is 19.4 Å². The Morgan fingerprint density at radius 1 is 1.32 bits per heavy atom. The van der Waals surface area contributed by atoms with Crippen LogP contribution in [0.5, 0.6) is 0 Å². The van der Waals surface area contributed by atoms with Gasteiger partial charge in [0.15, 0.2) is 0 Å². The van der Waals surface area contributed by atoms with Gasteiger partial charge in [-0.3, -0.25) is 9.78 Å². The van der Waals surface area contributed by atoms with Gasteiger partial charge in [-0.15, -0.1) is 0 Å².